The third-order valence-electron chi connectivity index (χ3n) is 3.62. The highest BCUT2D eigenvalue weighted by molar-refractivity contribution is 9.10. The van der Waals surface area contributed by atoms with Crippen LogP contribution in [0, 0.1) is 0 Å². The zero-order valence-corrected chi connectivity index (χ0v) is 14.5. The Kier molecular flexibility index (Phi) is 4.24. The van der Waals surface area contributed by atoms with Gasteiger partial charge in [-0.05, 0) is 35.4 Å². The molecule has 0 atom stereocenters. The smallest absolute Gasteiger partial charge is 0.305 e. The maximum absolute atomic E-state index is 12.6. The highest BCUT2D eigenvalue weighted by Crippen LogP contribution is 2.39. The second kappa shape index (κ2) is 6.20. The summed E-state index contributed by atoms with van der Waals surface area (Å²) in [6.45, 7) is 2.45. The molecule has 2 aromatic rings. The molecule has 0 aromatic heterocycles. The van der Waals surface area contributed by atoms with E-state index in [0.717, 1.165) is 15.6 Å². The molecule has 5 nitrogen and oxygen atoms in total. The summed E-state index contributed by atoms with van der Waals surface area (Å²) in [6.07, 6.45) is -1.17. The molecule has 0 aliphatic heterocycles. The van der Waals surface area contributed by atoms with Crippen molar-refractivity contribution in [3.63, 3.8) is 0 Å². The van der Waals surface area contributed by atoms with E-state index in [1.165, 1.54) is 13.8 Å². The predicted octanol–water partition coefficient (Wildman–Crippen LogP) is 3.79. The summed E-state index contributed by atoms with van der Waals surface area (Å²) < 4.78 is 11.0. The van der Waals surface area contributed by atoms with Gasteiger partial charge >= 0.3 is 11.9 Å². The highest BCUT2D eigenvalue weighted by atomic mass is 79.9. The molecule has 6 heteroatoms. The first-order valence-electron chi connectivity index (χ1n) is 7.20. The largest absolute Gasteiger partial charge is 0.421 e. The molecule has 0 amide bonds. The van der Waals surface area contributed by atoms with Crippen LogP contribution in [0.2, 0.25) is 0 Å². The van der Waals surface area contributed by atoms with Crippen LogP contribution in [0.1, 0.15) is 41.6 Å². The molecule has 0 N–H and O–H groups in total. The van der Waals surface area contributed by atoms with Crippen LogP contribution in [0.3, 0.4) is 0 Å². The Labute approximate surface area is 146 Å². The summed E-state index contributed by atoms with van der Waals surface area (Å²) in [4.78, 5) is 35.1. The lowest BCUT2D eigenvalue weighted by Gasteiger charge is -2.17. The van der Waals surface area contributed by atoms with Gasteiger partial charge in [-0.2, -0.15) is 0 Å². The minimum absolute atomic E-state index is 0.112. The van der Waals surface area contributed by atoms with E-state index in [2.05, 4.69) is 15.9 Å². The molecule has 0 spiro atoms. The summed E-state index contributed by atoms with van der Waals surface area (Å²) >= 11 is 3.40. The Morgan fingerprint density at radius 2 is 1.50 bits per heavy atom. The Bertz CT molecular complexity index is 856. The van der Waals surface area contributed by atoms with E-state index in [1.807, 2.05) is 12.1 Å². The second-order valence-electron chi connectivity index (χ2n) is 5.37. The van der Waals surface area contributed by atoms with Crippen LogP contribution in [0.4, 0.5) is 0 Å². The Balaban J connectivity index is 2.04. The van der Waals surface area contributed by atoms with Crippen molar-refractivity contribution in [2.45, 2.75) is 20.1 Å². The summed E-state index contributed by atoms with van der Waals surface area (Å²) in [5.74, 6) is -1.28. The lowest BCUT2D eigenvalue weighted by atomic mass is 10.0. The molecule has 1 aliphatic rings. The first-order valence-corrected chi connectivity index (χ1v) is 7.99. The van der Waals surface area contributed by atoms with E-state index >= 15 is 0 Å². The van der Waals surface area contributed by atoms with Crippen molar-refractivity contribution < 1.29 is 23.9 Å². The normalized spacial score (nSPS) is 11.9. The van der Waals surface area contributed by atoms with Gasteiger partial charge in [0.05, 0.1) is 0 Å². The van der Waals surface area contributed by atoms with Crippen molar-refractivity contribution in [3.8, 4) is 11.1 Å². The Hall–Kier alpha value is -2.47. The van der Waals surface area contributed by atoms with Crippen LogP contribution < -0.4 is 0 Å². The maximum Gasteiger partial charge on any atom is 0.305 e. The fraction of sp³-hybridized carbons (Fsp3) is 0.167. The molecule has 0 saturated carbocycles. The van der Waals surface area contributed by atoms with Crippen LogP contribution in [-0.4, -0.2) is 17.7 Å². The number of rotatable bonds is 3. The zero-order chi connectivity index (χ0) is 17.4. The molecule has 0 unspecified atom stereocenters. The van der Waals surface area contributed by atoms with Gasteiger partial charge in [0.2, 0.25) is 0 Å². The third kappa shape index (κ3) is 2.97. The van der Waals surface area contributed by atoms with Crippen LogP contribution in [-0.2, 0) is 19.1 Å². The number of esters is 2. The van der Waals surface area contributed by atoms with E-state index in [9.17, 15) is 14.4 Å². The van der Waals surface area contributed by atoms with Gasteiger partial charge in [0.25, 0.3) is 6.29 Å². The fourth-order valence-corrected chi connectivity index (χ4v) is 3.04. The third-order valence-corrected chi connectivity index (χ3v) is 4.12. The number of ether oxygens (including phenoxy) is 2. The summed E-state index contributed by atoms with van der Waals surface area (Å²) in [5, 5.41) is 0. The first kappa shape index (κ1) is 16.4. The molecule has 2 aromatic carbocycles. The topological polar surface area (TPSA) is 69.7 Å². The summed E-state index contributed by atoms with van der Waals surface area (Å²) in [7, 11) is 0. The van der Waals surface area contributed by atoms with Gasteiger partial charge in [0.1, 0.15) is 0 Å². The molecule has 1 aliphatic carbocycles. The molecular formula is C18H13BrO5. The number of halogens is 1. The highest BCUT2D eigenvalue weighted by Gasteiger charge is 2.29. The average Bonchev–Trinajstić information content (AvgIpc) is 2.78. The number of hydrogen-bond acceptors (Lipinski definition) is 5. The maximum atomic E-state index is 12.6. The van der Waals surface area contributed by atoms with Crippen LogP contribution >= 0.6 is 15.9 Å². The Morgan fingerprint density at radius 1 is 0.875 bits per heavy atom. The molecule has 0 saturated heterocycles. The van der Waals surface area contributed by atoms with E-state index in [1.54, 1.807) is 24.3 Å². The van der Waals surface area contributed by atoms with Crippen LogP contribution in [0.15, 0.2) is 40.9 Å². The van der Waals surface area contributed by atoms with Crippen molar-refractivity contribution in [3.05, 3.63) is 57.6 Å². The minimum Gasteiger partial charge on any atom is -0.421 e. The minimum atomic E-state index is -1.17. The lowest BCUT2D eigenvalue weighted by molar-refractivity contribution is -0.186. The zero-order valence-electron chi connectivity index (χ0n) is 13.0. The molecule has 3 rings (SSSR count). The van der Waals surface area contributed by atoms with E-state index in [4.69, 9.17) is 9.47 Å². The van der Waals surface area contributed by atoms with Gasteiger partial charge in [-0.25, -0.2) is 0 Å². The van der Waals surface area contributed by atoms with Gasteiger partial charge < -0.3 is 9.47 Å². The van der Waals surface area contributed by atoms with Crippen molar-refractivity contribution in [2.24, 2.45) is 0 Å². The number of fused-ring (bicyclic) bond motifs is 3. The molecule has 0 bridgehead atoms. The van der Waals surface area contributed by atoms with Gasteiger partial charge in [-0.15, -0.1) is 0 Å². The fourth-order valence-electron chi connectivity index (χ4n) is 2.68. The molecule has 0 radical (unpaired) electrons. The van der Waals surface area contributed by atoms with Crippen molar-refractivity contribution in [1.82, 2.24) is 0 Å². The molecule has 0 fully saturated rings. The first-order chi connectivity index (χ1) is 11.4. The lowest BCUT2D eigenvalue weighted by Crippen LogP contribution is -2.15. The van der Waals surface area contributed by atoms with Crippen molar-refractivity contribution in [2.75, 3.05) is 0 Å². The SMILES string of the molecule is CC(=O)OC(OC(C)=O)c1ccc2c(c1)C(=O)c1ccc(Br)cc1-2. The number of carbonyl (C=O) groups is 3. The molecular weight excluding hydrogens is 376 g/mol. The molecule has 122 valence electrons. The Morgan fingerprint density at radius 3 is 2.12 bits per heavy atom. The van der Waals surface area contributed by atoms with Gasteiger partial charge in [-0.3, -0.25) is 14.4 Å². The summed E-state index contributed by atoms with van der Waals surface area (Å²) in [6, 6.07) is 10.5. The van der Waals surface area contributed by atoms with E-state index in [0.29, 0.717) is 16.7 Å². The van der Waals surface area contributed by atoms with Crippen LogP contribution in [0.25, 0.3) is 11.1 Å². The predicted molar refractivity (Wildman–Crippen MR) is 89.3 cm³/mol. The second-order valence-corrected chi connectivity index (χ2v) is 6.29. The number of benzene rings is 2. The van der Waals surface area contributed by atoms with Gasteiger partial charge in [-0.1, -0.05) is 28.1 Å². The molecule has 24 heavy (non-hydrogen) atoms. The standard InChI is InChI=1S/C18H13BrO5/c1-9(20)23-18(24-10(2)21)11-3-5-13-15-8-12(19)4-6-14(15)17(22)16(13)7-11/h3-8,18H,1-2H3. The summed E-state index contributed by atoms with van der Waals surface area (Å²) in [5.41, 5.74) is 3.17. The van der Waals surface area contributed by atoms with Gasteiger partial charge in [0, 0.05) is 35.0 Å². The van der Waals surface area contributed by atoms with Crippen LogP contribution in [0.5, 0.6) is 0 Å². The van der Waals surface area contributed by atoms with Crippen molar-refractivity contribution in [1.29, 1.82) is 0 Å². The number of ketones is 1. The van der Waals surface area contributed by atoms with Crippen molar-refractivity contribution >= 4 is 33.7 Å². The van der Waals surface area contributed by atoms with E-state index < -0.39 is 18.2 Å². The molecule has 0 heterocycles. The quantitative estimate of drug-likeness (QED) is 0.504. The number of hydrogen-bond donors (Lipinski definition) is 0. The van der Waals surface area contributed by atoms with Gasteiger partial charge in [0.15, 0.2) is 5.78 Å². The number of carbonyl (C=O) groups excluding carboxylic acids is 3. The monoisotopic (exact) mass is 388 g/mol. The van der Waals surface area contributed by atoms with E-state index in [-0.39, 0.29) is 5.78 Å². The average molecular weight is 389 g/mol.